The minimum absolute atomic E-state index is 0.154. The third-order valence-electron chi connectivity index (χ3n) is 2.71. The average Bonchev–Trinajstić information content (AvgIpc) is 2.25. The Morgan fingerprint density at radius 1 is 1.12 bits per heavy atom. The summed E-state index contributed by atoms with van der Waals surface area (Å²) < 4.78 is 12.7. The van der Waals surface area contributed by atoms with Crippen molar-refractivity contribution in [3.05, 3.63) is 35.6 Å². The number of nitrogens with one attached hydrogen (secondary N) is 1. The molecule has 1 nitrogen and oxygen atoms in total. The predicted molar refractivity (Wildman–Crippen MR) is 67.0 cm³/mol. The fourth-order valence-corrected chi connectivity index (χ4v) is 1.60. The standard InChI is InChI=1S/C14H22FN/c1-11(2)16-10-12(3)4-5-13-6-8-14(15)9-7-13/h6-9,11-12,16H,4-5,10H2,1-3H3. The average molecular weight is 223 g/mol. The van der Waals surface area contributed by atoms with E-state index in [1.807, 2.05) is 12.1 Å². The summed E-state index contributed by atoms with van der Waals surface area (Å²) in [7, 11) is 0. The van der Waals surface area contributed by atoms with Gasteiger partial charge >= 0.3 is 0 Å². The van der Waals surface area contributed by atoms with Crippen molar-refractivity contribution in [3.8, 4) is 0 Å². The van der Waals surface area contributed by atoms with Gasteiger partial charge in [-0.15, -0.1) is 0 Å². The van der Waals surface area contributed by atoms with Crippen LogP contribution < -0.4 is 5.32 Å². The number of hydrogen-bond donors (Lipinski definition) is 1. The molecule has 0 heterocycles. The summed E-state index contributed by atoms with van der Waals surface area (Å²) >= 11 is 0. The maximum absolute atomic E-state index is 12.7. The molecule has 1 unspecified atom stereocenters. The Balaban J connectivity index is 2.26. The van der Waals surface area contributed by atoms with Crippen molar-refractivity contribution >= 4 is 0 Å². The predicted octanol–water partition coefficient (Wildman–Crippen LogP) is 3.39. The highest BCUT2D eigenvalue weighted by atomic mass is 19.1. The van der Waals surface area contributed by atoms with Crippen molar-refractivity contribution < 1.29 is 4.39 Å². The molecule has 0 aliphatic carbocycles. The minimum Gasteiger partial charge on any atom is -0.314 e. The van der Waals surface area contributed by atoms with Crippen LogP contribution in [-0.2, 0) is 6.42 Å². The topological polar surface area (TPSA) is 12.0 Å². The Morgan fingerprint density at radius 2 is 1.75 bits per heavy atom. The Bertz CT molecular complexity index is 292. The summed E-state index contributed by atoms with van der Waals surface area (Å²) in [6, 6.07) is 7.36. The third kappa shape index (κ3) is 5.26. The molecule has 1 atom stereocenters. The second-order valence-corrected chi connectivity index (χ2v) is 4.83. The van der Waals surface area contributed by atoms with Gasteiger partial charge in [0.15, 0.2) is 0 Å². The summed E-state index contributed by atoms with van der Waals surface area (Å²) in [6.45, 7) is 7.62. The van der Waals surface area contributed by atoms with Crippen LogP contribution >= 0.6 is 0 Å². The smallest absolute Gasteiger partial charge is 0.123 e. The van der Waals surface area contributed by atoms with E-state index >= 15 is 0 Å². The molecule has 16 heavy (non-hydrogen) atoms. The Hall–Kier alpha value is -0.890. The summed E-state index contributed by atoms with van der Waals surface area (Å²) in [5.41, 5.74) is 1.22. The molecular weight excluding hydrogens is 201 g/mol. The summed E-state index contributed by atoms with van der Waals surface area (Å²) in [5.74, 6) is 0.505. The molecule has 0 spiro atoms. The largest absolute Gasteiger partial charge is 0.314 e. The van der Waals surface area contributed by atoms with Crippen molar-refractivity contribution in [2.45, 2.75) is 39.7 Å². The lowest BCUT2D eigenvalue weighted by molar-refractivity contribution is 0.453. The van der Waals surface area contributed by atoms with Crippen LogP contribution in [-0.4, -0.2) is 12.6 Å². The fourth-order valence-electron chi connectivity index (χ4n) is 1.60. The van der Waals surface area contributed by atoms with Crippen LogP contribution in [0, 0.1) is 11.7 Å². The first-order chi connectivity index (χ1) is 7.58. The van der Waals surface area contributed by atoms with Crippen LogP contribution in [0.2, 0.25) is 0 Å². The quantitative estimate of drug-likeness (QED) is 0.779. The Kier molecular flexibility index (Phi) is 5.47. The first kappa shape index (κ1) is 13.2. The zero-order valence-electron chi connectivity index (χ0n) is 10.5. The van der Waals surface area contributed by atoms with Crippen LogP contribution in [0.3, 0.4) is 0 Å². The van der Waals surface area contributed by atoms with Gasteiger partial charge in [-0.1, -0.05) is 32.9 Å². The van der Waals surface area contributed by atoms with Gasteiger partial charge in [0.25, 0.3) is 0 Å². The SMILES string of the molecule is CC(CCc1ccc(F)cc1)CNC(C)C. The fraction of sp³-hybridized carbons (Fsp3) is 0.571. The highest BCUT2D eigenvalue weighted by Gasteiger charge is 2.03. The van der Waals surface area contributed by atoms with Crippen molar-refractivity contribution in [1.29, 1.82) is 0 Å². The van der Waals surface area contributed by atoms with Gasteiger partial charge in [-0.05, 0) is 43.0 Å². The lowest BCUT2D eigenvalue weighted by Crippen LogP contribution is -2.28. The van der Waals surface area contributed by atoms with Gasteiger partial charge < -0.3 is 5.32 Å². The van der Waals surface area contributed by atoms with Gasteiger partial charge in [0.1, 0.15) is 5.82 Å². The van der Waals surface area contributed by atoms with E-state index in [0.717, 1.165) is 19.4 Å². The van der Waals surface area contributed by atoms with E-state index in [4.69, 9.17) is 0 Å². The van der Waals surface area contributed by atoms with Crippen molar-refractivity contribution in [2.75, 3.05) is 6.54 Å². The van der Waals surface area contributed by atoms with Gasteiger partial charge in [-0.25, -0.2) is 4.39 Å². The molecule has 0 radical (unpaired) electrons. The molecule has 1 rings (SSSR count). The molecule has 0 amide bonds. The van der Waals surface area contributed by atoms with E-state index < -0.39 is 0 Å². The molecule has 2 heteroatoms. The molecule has 0 saturated carbocycles. The molecule has 0 fully saturated rings. The van der Waals surface area contributed by atoms with Crippen LogP contribution in [0.25, 0.3) is 0 Å². The zero-order chi connectivity index (χ0) is 12.0. The third-order valence-corrected chi connectivity index (χ3v) is 2.71. The van der Waals surface area contributed by atoms with Gasteiger partial charge in [-0.2, -0.15) is 0 Å². The van der Waals surface area contributed by atoms with Crippen LogP contribution in [0.15, 0.2) is 24.3 Å². The molecule has 0 aliphatic rings. The van der Waals surface area contributed by atoms with Gasteiger partial charge in [0.2, 0.25) is 0 Å². The molecular formula is C14H22FN. The summed E-state index contributed by atoms with van der Waals surface area (Å²) in [6.07, 6.45) is 2.17. The number of rotatable bonds is 6. The molecule has 90 valence electrons. The zero-order valence-corrected chi connectivity index (χ0v) is 10.5. The van der Waals surface area contributed by atoms with E-state index in [1.54, 1.807) is 0 Å². The molecule has 1 aromatic carbocycles. The van der Waals surface area contributed by atoms with Crippen LogP contribution in [0.4, 0.5) is 4.39 Å². The van der Waals surface area contributed by atoms with E-state index in [9.17, 15) is 4.39 Å². The van der Waals surface area contributed by atoms with Crippen molar-refractivity contribution in [3.63, 3.8) is 0 Å². The monoisotopic (exact) mass is 223 g/mol. The van der Waals surface area contributed by atoms with E-state index in [2.05, 4.69) is 26.1 Å². The van der Waals surface area contributed by atoms with Gasteiger partial charge in [0.05, 0.1) is 0 Å². The molecule has 0 bridgehead atoms. The normalized spacial score (nSPS) is 13.1. The maximum Gasteiger partial charge on any atom is 0.123 e. The molecule has 0 aromatic heterocycles. The first-order valence-electron chi connectivity index (χ1n) is 6.05. The summed E-state index contributed by atoms with van der Waals surface area (Å²) in [5, 5.41) is 3.43. The minimum atomic E-state index is -0.154. The second kappa shape index (κ2) is 6.64. The van der Waals surface area contributed by atoms with Crippen LogP contribution in [0.1, 0.15) is 32.8 Å². The molecule has 0 aliphatic heterocycles. The van der Waals surface area contributed by atoms with Crippen molar-refractivity contribution in [1.82, 2.24) is 5.32 Å². The number of benzene rings is 1. The highest BCUT2D eigenvalue weighted by molar-refractivity contribution is 5.16. The van der Waals surface area contributed by atoms with Gasteiger partial charge in [0, 0.05) is 6.04 Å². The van der Waals surface area contributed by atoms with E-state index in [0.29, 0.717) is 12.0 Å². The van der Waals surface area contributed by atoms with Crippen LogP contribution in [0.5, 0.6) is 0 Å². The lowest BCUT2D eigenvalue weighted by atomic mass is 10.0. The Labute approximate surface area is 98.1 Å². The Morgan fingerprint density at radius 3 is 2.31 bits per heavy atom. The molecule has 0 saturated heterocycles. The number of hydrogen-bond acceptors (Lipinski definition) is 1. The summed E-state index contributed by atoms with van der Waals surface area (Å²) in [4.78, 5) is 0. The molecule has 1 N–H and O–H groups in total. The number of halogens is 1. The number of aryl methyl sites for hydroxylation is 1. The lowest BCUT2D eigenvalue weighted by Gasteiger charge is -2.14. The van der Waals surface area contributed by atoms with Gasteiger partial charge in [-0.3, -0.25) is 0 Å². The first-order valence-corrected chi connectivity index (χ1v) is 6.05. The van der Waals surface area contributed by atoms with Crippen molar-refractivity contribution in [2.24, 2.45) is 5.92 Å². The maximum atomic E-state index is 12.7. The van der Waals surface area contributed by atoms with E-state index in [-0.39, 0.29) is 5.82 Å². The van der Waals surface area contributed by atoms with E-state index in [1.165, 1.54) is 17.7 Å². The molecule has 1 aromatic rings. The highest BCUT2D eigenvalue weighted by Crippen LogP contribution is 2.10. The second-order valence-electron chi connectivity index (χ2n) is 4.83.